The van der Waals surface area contributed by atoms with Crippen LogP contribution in [0.4, 0.5) is 3.89 Å². The molecule has 0 fully saturated rings. The molecule has 0 amide bonds. The summed E-state index contributed by atoms with van der Waals surface area (Å²) in [6, 6.07) is 1.69. The Morgan fingerprint density at radius 1 is 1.67 bits per heavy atom. The smallest absolute Gasteiger partial charge is 0.283 e. The molecule has 0 radical (unpaired) electrons. The van der Waals surface area contributed by atoms with Crippen molar-refractivity contribution in [1.82, 2.24) is 10.2 Å². The van der Waals surface area contributed by atoms with Gasteiger partial charge in [-0.05, 0) is 13.0 Å². The zero-order chi connectivity index (χ0) is 9.19. The molecule has 1 N–H and O–H groups in total. The summed E-state index contributed by atoms with van der Waals surface area (Å²) in [5.74, 6) is -0.503. The molecule has 0 bridgehead atoms. The van der Waals surface area contributed by atoms with Gasteiger partial charge in [-0.3, -0.25) is 5.10 Å². The van der Waals surface area contributed by atoms with E-state index in [0.29, 0.717) is 5.69 Å². The largest absolute Gasteiger partial charge is 0.302 e. The lowest BCUT2D eigenvalue weighted by Gasteiger charge is -1.89. The average Bonchev–Trinajstić information content (AvgIpc) is 2.30. The van der Waals surface area contributed by atoms with Gasteiger partial charge in [0.2, 0.25) is 0 Å². The van der Waals surface area contributed by atoms with Crippen LogP contribution in [0.2, 0.25) is 0 Å². The van der Waals surface area contributed by atoms with Crippen molar-refractivity contribution in [3.63, 3.8) is 0 Å². The molecule has 4 nitrogen and oxygen atoms in total. The maximum Gasteiger partial charge on any atom is 0.302 e. The molecule has 12 heavy (non-hydrogen) atoms. The van der Waals surface area contributed by atoms with Crippen LogP contribution in [0.5, 0.6) is 0 Å². The minimum Gasteiger partial charge on any atom is -0.283 e. The number of nitrogens with one attached hydrogen (secondary N) is 1. The van der Waals surface area contributed by atoms with Crippen LogP contribution in [-0.2, 0) is 16.6 Å². The predicted octanol–water partition coefficient (Wildman–Crippen LogP) is 0.560. The Morgan fingerprint density at radius 3 is 2.75 bits per heavy atom. The molecule has 0 aliphatic carbocycles. The highest BCUT2D eigenvalue weighted by Gasteiger charge is 2.08. The Morgan fingerprint density at radius 2 is 2.33 bits per heavy atom. The summed E-state index contributed by atoms with van der Waals surface area (Å²) in [4.78, 5) is 0. The summed E-state index contributed by atoms with van der Waals surface area (Å²) in [6.07, 6.45) is 0.114. The normalized spacial score (nSPS) is 11.8. The van der Waals surface area contributed by atoms with E-state index in [1.165, 1.54) is 0 Å². The second-order valence-corrected chi connectivity index (χ2v) is 4.02. The Labute approximate surface area is 70.0 Å². The monoisotopic (exact) mass is 192 g/mol. The van der Waals surface area contributed by atoms with Gasteiger partial charge in [0, 0.05) is 12.1 Å². The molecule has 0 spiro atoms. The molecule has 1 aromatic heterocycles. The lowest BCUT2D eigenvalue weighted by Crippen LogP contribution is -2.02. The number of aromatic amines is 1. The van der Waals surface area contributed by atoms with E-state index in [1.54, 1.807) is 13.0 Å². The summed E-state index contributed by atoms with van der Waals surface area (Å²) in [5.41, 5.74) is 1.40. The van der Waals surface area contributed by atoms with Gasteiger partial charge in [0.05, 0.1) is 11.4 Å². The Bertz CT molecular complexity index is 357. The molecule has 0 atom stereocenters. The van der Waals surface area contributed by atoms with Crippen LogP contribution in [0.25, 0.3) is 0 Å². The molecule has 1 heterocycles. The van der Waals surface area contributed by atoms with Crippen LogP contribution >= 0.6 is 0 Å². The Hall–Kier alpha value is -0.910. The van der Waals surface area contributed by atoms with Crippen molar-refractivity contribution >= 4 is 10.2 Å². The highest BCUT2D eigenvalue weighted by Crippen LogP contribution is 2.01. The first-order valence-electron chi connectivity index (χ1n) is 3.40. The number of hydrogen-bond acceptors (Lipinski definition) is 3. The molecule has 0 unspecified atom stereocenters. The van der Waals surface area contributed by atoms with Crippen molar-refractivity contribution in [2.24, 2.45) is 0 Å². The second-order valence-electron chi connectivity index (χ2n) is 2.54. The predicted molar refractivity (Wildman–Crippen MR) is 41.9 cm³/mol. The Kier molecular flexibility index (Phi) is 2.46. The van der Waals surface area contributed by atoms with Crippen LogP contribution in [0.15, 0.2) is 6.07 Å². The summed E-state index contributed by atoms with van der Waals surface area (Å²) < 4.78 is 32.2. The molecular weight excluding hydrogens is 183 g/mol. The lowest BCUT2D eigenvalue weighted by molar-refractivity contribution is 0.551. The van der Waals surface area contributed by atoms with Crippen molar-refractivity contribution in [2.75, 3.05) is 5.75 Å². The van der Waals surface area contributed by atoms with E-state index >= 15 is 0 Å². The fourth-order valence-corrected chi connectivity index (χ4v) is 1.28. The van der Waals surface area contributed by atoms with E-state index < -0.39 is 16.0 Å². The van der Waals surface area contributed by atoms with Crippen molar-refractivity contribution in [3.8, 4) is 0 Å². The molecule has 68 valence electrons. The minimum absolute atomic E-state index is 0.114. The van der Waals surface area contributed by atoms with Crippen LogP contribution < -0.4 is 0 Å². The molecular formula is C6H9FN2O2S. The SMILES string of the molecule is Cc1cc(CCS(=O)(=O)F)n[nH]1. The maximum atomic E-state index is 12.0. The number of H-pyrrole nitrogens is 1. The number of nitrogens with zero attached hydrogens (tertiary/aromatic N) is 1. The van der Waals surface area contributed by atoms with E-state index in [-0.39, 0.29) is 6.42 Å². The number of rotatable bonds is 3. The molecule has 1 rings (SSSR count). The molecule has 6 heteroatoms. The van der Waals surface area contributed by atoms with Gasteiger partial charge in [-0.15, -0.1) is 3.89 Å². The fraction of sp³-hybridized carbons (Fsp3) is 0.500. The van der Waals surface area contributed by atoms with Gasteiger partial charge in [-0.25, -0.2) is 0 Å². The van der Waals surface area contributed by atoms with Crippen molar-refractivity contribution in [1.29, 1.82) is 0 Å². The van der Waals surface area contributed by atoms with E-state index in [1.807, 2.05) is 0 Å². The average molecular weight is 192 g/mol. The summed E-state index contributed by atoms with van der Waals surface area (Å²) in [5, 5.41) is 6.40. The number of aromatic nitrogens is 2. The highest BCUT2D eigenvalue weighted by atomic mass is 32.3. The summed E-state index contributed by atoms with van der Waals surface area (Å²) in [6.45, 7) is 1.79. The molecule has 0 saturated carbocycles. The van der Waals surface area contributed by atoms with Gasteiger partial charge >= 0.3 is 10.2 Å². The van der Waals surface area contributed by atoms with Crippen LogP contribution in [0, 0.1) is 6.92 Å². The van der Waals surface area contributed by atoms with Gasteiger partial charge in [-0.2, -0.15) is 13.5 Å². The Balaban J connectivity index is 2.55. The van der Waals surface area contributed by atoms with E-state index in [4.69, 9.17) is 0 Å². The first-order valence-corrected chi connectivity index (χ1v) is 4.96. The number of hydrogen-bond donors (Lipinski definition) is 1. The number of halogens is 1. The van der Waals surface area contributed by atoms with Crippen LogP contribution in [-0.4, -0.2) is 24.4 Å². The third-order valence-electron chi connectivity index (χ3n) is 1.36. The third-order valence-corrected chi connectivity index (χ3v) is 2.05. The number of aryl methyl sites for hydroxylation is 2. The summed E-state index contributed by atoms with van der Waals surface area (Å²) >= 11 is 0. The van der Waals surface area contributed by atoms with Crippen molar-refractivity contribution in [3.05, 3.63) is 17.5 Å². The van der Waals surface area contributed by atoms with Gasteiger partial charge in [0.15, 0.2) is 0 Å². The van der Waals surface area contributed by atoms with E-state index in [0.717, 1.165) is 5.69 Å². The van der Waals surface area contributed by atoms with E-state index in [2.05, 4.69) is 10.2 Å². The quantitative estimate of drug-likeness (QED) is 0.712. The molecule has 0 aliphatic rings. The molecule has 0 saturated heterocycles. The van der Waals surface area contributed by atoms with Gasteiger partial charge < -0.3 is 0 Å². The van der Waals surface area contributed by atoms with Crippen LogP contribution in [0.3, 0.4) is 0 Å². The third kappa shape index (κ3) is 3.00. The highest BCUT2D eigenvalue weighted by molar-refractivity contribution is 7.86. The van der Waals surface area contributed by atoms with Crippen molar-refractivity contribution in [2.45, 2.75) is 13.3 Å². The zero-order valence-electron chi connectivity index (χ0n) is 6.54. The lowest BCUT2D eigenvalue weighted by atomic mass is 10.3. The molecule has 0 aliphatic heterocycles. The van der Waals surface area contributed by atoms with E-state index in [9.17, 15) is 12.3 Å². The van der Waals surface area contributed by atoms with Crippen molar-refractivity contribution < 1.29 is 12.3 Å². The first-order chi connectivity index (χ1) is 5.47. The minimum atomic E-state index is -4.37. The van der Waals surface area contributed by atoms with Gasteiger partial charge in [-0.1, -0.05) is 0 Å². The maximum absolute atomic E-state index is 12.0. The molecule has 1 aromatic rings. The summed E-state index contributed by atoms with van der Waals surface area (Å²) in [7, 11) is -4.37. The second kappa shape index (κ2) is 3.22. The first kappa shape index (κ1) is 9.18. The standard InChI is InChI=1S/C6H9FN2O2S/c1-5-4-6(9-8-5)2-3-12(7,10)11/h4H,2-3H2,1H3,(H,8,9). The molecule has 0 aromatic carbocycles. The zero-order valence-corrected chi connectivity index (χ0v) is 7.36. The fourth-order valence-electron chi connectivity index (χ4n) is 0.829. The van der Waals surface area contributed by atoms with Gasteiger partial charge in [0.25, 0.3) is 0 Å². The van der Waals surface area contributed by atoms with Gasteiger partial charge in [0.1, 0.15) is 0 Å². The topological polar surface area (TPSA) is 62.8 Å². The van der Waals surface area contributed by atoms with Crippen LogP contribution in [0.1, 0.15) is 11.4 Å².